The monoisotopic (exact) mass is 372 g/mol. The van der Waals surface area contributed by atoms with Crippen molar-refractivity contribution in [1.82, 2.24) is 0 Å². The summed E-state index contributed by atoms with van der Waals surface area (Å²) < 4.78 is 26.9. The van der Waals surface area contributed by atoms with E-state index < -0.39 is 15.2 Å². The summed E-state index contributed by atoms with van der Waals surface area (Å²) in [6.07, 6.45) is 0. The maximum atomic E-state index is 12.3. The van der Waals surface area contributed by atoms with E-state index in [1.165, 1.54) is 0 Å². The van der Waals surface area contributed by atoms with Gasteiger partial charge in [-0.2, -0.15) is 0 Å². The molecule has 124 valence electrons. The molecule has 23 heavy (non-hydrogen) atoms. The molecule has 8 nitrogen and oxygen atoms in total. The molecule has 0 bridgehead atoms. The highest BCUT2D eigenvalue weighted by molar-refractivity contribution is 8.12. The number of hydrogen-bond donors (Lipinski definition) is 4. The third-order valence-corrected chi connectivity index (χ3v) is 6.97. The normalized spacial score (nSPS) is 12.0. The number of nitrogens with zero attached hydrogens (tertiary/aromatic N) is 2. The van der Waals surface area contributed by atoms with Gasteiger partial charge in [0, 0.05) is 0 Å². The van der Waals surface area contributed by atoms with Crippen LogP contribution < -0.4 is 30.2 Å². The fourth-order valence-electron chi connectivity index (χ4n) is 1.75. The highest BCUT2D eigenvalue weighted by Gasteiger charge is 2.31. The van der Waals surface area contributed by atoms with Crippen molar-refractivity contribution in [3.05, 3.63) is 60.7 Å². The first-order valence-electron chi connectivity index (χ1n) is 6.43. The largest absolute Gasteiger partial charge is 0.311 e. The quantitative estimate of drug-likeness (QED) is 0.444. The van der Waals surface area contributed by atoms with Crippen LogP contribution in [0.15, 0.2) is 60.7 Å². The maximum Gasteiger partial charge on any atom is 0.311 e. The Labute approximate surface area is 139 Å². The predicted octanol–water partition coefficient (Wildman–Crippen LogP) is 2.61. The van der Waals surface area contributed by atoms with Crippen molar-refractivity contribution >= 4 is 38.7 Å². The Balaban J connectivity index is 2.44. The predicted molar refractivity (Wildman–Crippen MR) is 97.4 cm³/mol. The molecule has 11 heteroatoms. The average molecular weight is 372 g/mol. The van der Waals surface area contributed by atoms with Crippen LogP contribution in [0.2, 0.25) is 0 Å². The van der Waals surface area contributed by atoms with Crippen molar-refractivity contribution in [2.24, 2.45) is 22.0 Å². The van der Waals surface area contributed by atoms with Gasteiger partial charge >= 0.3 is 15.2 Å². The second-order valence-electron chi connectivity index (χ2n) is 4.64. The number of nitrogens with two attached hydrogens (primary N) is 4. The number of benzene rings is 2. The maximum absolute atomic E-state index is 12.3. The van der Waals surface area contributed by atoms with Gasteiger partial charge in [-0.15, -0.1) is 0 Å². The minimum atomic E-state index is -3.72. The van der Waals surface area contributed by atoms with Crippen molar-refractivity contribution in [1.29, 1.82) is 0 Å². The molecule has 2 aromatic rings. The lowest BCUT2D eigenvalue weighted by atomic mass is 10.3. The minimum Gasteiger partial charge on any atom is -0.263 e. The Morgan fingerprint density at radius 2 is 0.957 bits per heavy atom. The van der Waals surface area contributed by atoms with Gasteiger partial charge in [-0.25, -0.2) is 8.15 Å². The fraction of sp³-hybridized carbons (Fsp3) is 0. The van der Waals surface area contributed by atoms with Crippen LogP contribution in [-0.2, 0) is 9.13 Å². The van der Waals surface area contributed by atoms with Crippen molar-refractivity contribution in [2.75, 3.05) is 8.15 Å². The summed E-state index contributed by atoms with van der Waals surface area (Å²) in [6.45, 7) is 0. The van der Waals surface area contributed by atoms with Crippen LogP contribution in [0.1, 0.15) is 0 Å². The summed E-state index contributed by atoms with van der Waals surface area (Å²) in [5.41, 5.74) is 23.4. The van der Waals surface area contributed by atoms with Gasteiger partial charge in [0.15, 0.2) is 0 Å². The van der Waals surface area contributed by atoms with Crippen LogP contribution >= 0.6 is 27.3 Å². The van der Waals surface area contributed by atoms with Crippen LogP contribution in [0.25, 0.3) is 0 Å². The molecule has 0 saturated heterocycles. The summed E-state index contributed by atoms with van der Waals surface area (Å²) in [5, 5.41) is 0. The van der Waals surface area contributed by atoms with Gasteiger partial charge in [-0.05, 0) is 24.3 Å². The van der Waals surface area contributed by atoms with E-state index in [1.807, 2.05) is 0 Å². The van der Waals surface area contributed by atoms with Gasteiger partial charge in [0.1, 0.15) is 0 Å². The molecule has 0 aromatic heterocycles. The summed E-state index contributed by atoms with van der Waals surface area (Å²) >= 11 is 0.750. The zero-order chi connectivity index (χ0) is 17.1. The summed E-state index contributed by atoms with van der Waals surface area (Å²) in [4.78, 5) is 0. The zero-order valence-electron chi connectivity index (χ0n) is 12.1. The van der Waals surface area contributed by atoms with E-state index in [0.717, 1.165) is 20.3 Å². The van der Waals surface area contributed by atoms with Crippen molar-refractivity contribution < 1.29 is 9.13 Å². The molecule has 0 amide bonds. The number of rotatable bonds is 6. The molecule has 2 rings (SSSR count). The number of anilines is 2. The standard InChI is InChI=1S/C12H18N6O2P2S/c13-21(14,19)17(11-7-3-1-4-8-11)23-18(22(15,16)20)12-9-5-2-6-10-12/h1-10H,(H4,13,14,19)(H4,15,16,20). The van der Waals surface area contributed by atoms with Crippen LogP contribution in [0.3, 0.4) is 0 Å². The van der Waals surface area contributed by atoms with E-state index in [9.17, 15) is 9.13 Å². The molecule has 0 aliphatic rings. The van der Waals surface area contributed by atoms with E-state index in [-0.39, 0.29) is 0 Å². The Kier molecular flexibility index (Phi) is 5.54. The van der Waals surface area contributed by atoms with Gasteiger partial charge in [0.2, 0.25) is 0 Å². The second kappa shape index (κ2) is 7.07. The van der Waals surface area contributed by atoms with E-state index in [1.54, 1.807) is 60.7 Å². The Hall–Kier alpha value is -1.31. The lowest BCUT2D eigenvalue weighted by Crippen LogP contribution is -2.31. The molecule has 0 radical (unpaired) electrons. The molecule has 0 aliphatic carbocycles. The third kappa shape index (κ3) is 4.83. The first-order valence-corrected chi connectivity index (χ1v) is 10.8. The van der Waals surface area contributed by atoms with Crippen molar-refractivity contribution in [3.8, 4) is 0 Å². The first kappa shape index (κ1) is 18.0. The topological polar surface area (TPSA) is 145 Å². The Morgan fingerprint density at radius 1 is 0.652 bits per heavy atom. The van der Waals surface area contributed by atoms with E-state index >= 15 is 0 Å². The Bertz CT molecular complexity index is 672. The second-order valence-corrected chi connectivity index (χ2v) is 9.57. The van der Waals surface area contributed by atoms with Gasteiger partial charge in [0.25, 0.3) is 0 Å². The highest BCUT2D eigenvalue weighted by Crippen LogP contribution is 2.51. The molecule has 0 aliphatic heterocycles. The number of para-hydroxylation sites is 2. The fourth-order valence-corrected chi connectivity index (χ4v) is 4.84. The van der Waals surface area contributed by atoms with E-state index in [0.29, 0.717) is 11.4 Å². The molecule has 8 N–H and O–H groups in total. The molecule has 0 atom stereocenters. The molecule has 2 aromatic carbocycles. The highest BCUT2D eigenvalue weighted by atomic mass is 32.2. The van der Waals surface area contributed by atoms with Crippen LogP contribution in [0.4, 0.5) is 11.4 Å². The average Bonchev–Trinajstić information content (AvgIpc) is 2.47. The van der Waals surface area contributed by atoms with Crippen LogP contribution in [-0.4, -0.2) is 0 Å². The van der Waals surface area contributed by atoms with E-state index in [2.05, 4.69) is 0 Å². The lowest BCUT2D eigenvalue weighted by molar-refractivity contribution is 0.578. The number of hydrogen-bond acceptors (Lipinski definition) is 3. The molecule has 0 heterocycles. The van der Waals surface area contributed by atoms with Crippen molar-refractivity contribution in [2.45, 2.75) is 0 Å². The smallest absolute Gasteiger partial charge is 0.263 e. The van der Waals surface area contributed by atoms with E-state index in [4.69, 9.17) is 22.0 Å². The molecule has 0 unspecified atom stereocenters. The molecular formula is C12H18N6O2P2S. The summed E-state index contributed by atoms with van der Waals surface area (Å²) in [6, 6.07) is 17.2. The molecule has 0 fully saturated rings. The molecule has 0 spiro atoms. The van der Waals surface area contributed by atoms with Crippen LogP contribution in [0.5, 0.6) is 0 Å². The van der Waals surface area contributed by atoms with Gasteiger partial charge in [0.05, 0.1) is 23.5 Å². The summed E-state index contributed by atoms with van der Waals surface area (Å²) in [7, 11) is -7.44. The van der Waals surface area contributed by atoms with Gasteiger partial charge < -0.3 is 0 Å². The minimum absolute atomic E-state index is 0.472. The molecular weight excluding hydrogens is 354 g/mol. The zero-order valence-corrected chi connectivity index (χ0v) is 14.7. The lowest BCUT2D eigenvalue weighted by Gasteiger charge is -2.33. The van der Waals surface area contributed by atoms with Crippen molar-refractivity contribution in [3.63, 3.8) is 0 Å². The Morgan fingerprint density at radius 3 is 1.22 bits per heavy atom. The van der Waals surface area contributed by atoms with Crippen LogP contribution in [0, 0.1) is 0 Å². The van der Waals surface area contributed by atoms with Gasteiger partial charge in [-0.1, -0.05) is 36.4 Å². The SMILES string of the molecule is NP(N)(=O)N(SN(c1ccccc1)P(N)(N)=O)c1ccccc1. The summed E-state index contributed by atoms with van der Waals surface area (Å²) in [5.74, 6) is 0. The molecule has 0 saturated carbocycles. The third-order valence-electron chi connectivity index (χ3n) is 2.68. The van der Waals surface area contributed by atoms with Gasteiger partial charge in [-0.3, -0.25) is 31.1 Å². The first-order chi connectivity index (χ1) is 10.7.